The lowest BCUT2D eigenvalue weighted by Crippen LogP contribution is -2.20. The molecule has 0 unspecified atom stereocenters. The van der Waals surface area contributed by atoms with Gasteiger partial charge in [0.2, 0.25) is 0 Å². The van der Waals surface area contributed by atoms with E-state index in [0.29, 0.717) is 16.3 Å². The average molecular weight is 291 g/mol. The number of aryl methyl sites for hydroxylation is 2. The number of nitrogens with zero attached hydrogens (tertiary/aromatic N) is 2. The summed E-state index contributed by atoms with van der Waals surface area (Å²) in [6, 6.07) is 5.23. The fourth-order valence-electron chi connectivity index (χ4n) is 2.34. The molecule has 3 rings (SSSR count). The molecular formula is C14H15ClN4O. The summed E-state index contributed by atoms with van der Waals surface area (Å²) < 4.78 is 1.87. The molecule has 1 aromatic heterocycles. The summed E-state index contributed by atoms with van der Waals surface area (Å²) in [7, 11) is 0. The first-order valence-corrected chi connectivity index (χ1v) is 6.90. The van der Waals surface area contributed by atoms with Crippen LogP contribution in [0.25, 0.3) is 0 Å². The molecule has 0 saturated heterocycles. The molecular weight excluding hydrogens is 276 g/mol. The Balaban J connectivity index is 1.84. The molecule has 0 aliphatic carbocycles. The van der Waals surface area contributed by atoms with E-state index in [2.05, 4.69) is 15.7 Å². The molecule has 0 saturated carbocycles. The standard InChI is InChI=1S/C14H15ClN4O/c1-9-7-10(15)3-4-11(9)14(20)18-12-8-17-19-6-2-5-16-13(12)19/h3-4,7-8,16H,2,5-6H2,1H3,(H,18,20). The lowest BCUT2D eigenvalue weighted by molar-refractivity contribution is 0.102. The molecule has 20 heavy (non-hydrogen) atoms. The maximum Gasteiger partial charge on any atom is 0.256 e. The summed E-state index contributed by atoms with van der Waals surface area (Å²) in [6.07, 6.45) is 2.72. The molecule has 0 atom stereocenters. The number of halogens is 1. The van der Waals surface area contributed by atoms with Crippen LogP contribution in [-0.2, 0) is 6.54 Å². The lowest BCUT2D eigenvalue weighted by atomic mass is 10.1. The van der Waals surface area contributed by atoms with Crippen LogP contribution in [0, 0.1) is 6.92 Å². The summed E-state index contributed by atoms with van der Waals surface area (Å²) in [5.74, 6) is 0.721. The Kier molecular flexibility index (Phi) is 3.36. The number of anilines is 2. The molecule has 2 N–H and O–H groups in total. The summed E-state index contributed by atoms with van der Waals surface area (Å²) in [5.41, 5.74) is 2.18. The van der Waals surface area contributed by atoms with E-state index in [1.165, 1.54) is 0 Å². The molecule has 104 valence electrons. The number of aromatic nitrogens is 2. The molecule has 0 fully saturated rings. The van der Waals surface area contributed by atoms with Crippen LogP contribution in [0.3, 0.4) is 0 Å². The Labute approximate surface area is 121 Å². The number of hydrogen-bond donors (Lipinski definition) is 2. The highest BCUT2D eigenvalue weighted by atomic mass is 35.5. The van der Waals surface area contributed by atoms with Crippen molar-refractivity contribution in [1.82, 2.24) is 9.78 Å². The molecule has 6 heteroatoms. The zero-order valence-electron chi connectivity index (χ0n) is 11.1. The topological polar surface area (TPSA) is 59.0 Å². The van der Waals surface area contributed by atoms with Gasteiger partial charge in [-0.1, -0.05) is 11.6 Å². The predicted octanol–water partition coefficient (Wildman–Crippen LogP) is 2.91. The third kappa shape index (κ3) is 2.36. The van der Waals surface area contributed by atoms with Gasteiger partial charge in [0.1, 0.15) is 11.5 Å². The SMILES string of the molecule is Cc1cc(Cl)ccc1C(=O)Nc1cnn2c1NCCC2. The molecule has 1 amide bonds. The normalized spacial score (nSPS) is 13.5. The average Bonchev–Trinajstić information content (AvgIpc) is 2.82. The highest BCUT2D eigenvalue weighted by Gasteiger charge is 2.17. The van der Waals surface area contributed by atoms with Gasteiger partial charge in [0.15, 0.2) is 0 Å². The second-order valence-electron chi connectivity index (χ2n) is 4.82. The number of nitrogens with one attached hydrogen (secondary N) is 2. The number of benzene rings is 1. The number of fused-ring (bicyclic) bond motifs is 1. The maximum absolute atomic E-state index is 12.3. The fourth-order valence-corrected chi connectivity index (χ4v) is 2.57. The summed E-state index contributed by atoms with van der Waals surface area (Å²) in [6.45, 7) is 3.64. The van der Waals surface area contributed by atoms with Gasteiger partial charge in [0, 0.05) is 23.7 Å². The van der Waals surface area contributed by atoms with Crippen molar-refractivity contribution in [2.75, 3.05) is 17.2 Å². The first kappa shape index (κ1) is 13.0. The van der Waals surface area contributed by atoms with Gasteiger partial charge in [-0.25, -0.2) is 4.68 Å². The van der Waals surface area contributed by atoms with E-state index in [-0.39, 0.29) is 5.91 Å². The van der Waals surface area contributed by atoms with E-state index in [9.17, 15) is 4.79 Å². The van der Waals surface area contributed by atoms with Crippen molar-refractivity contribution in [3.8, 4) is 0 Å². The number of carbonyl (C=O) groups excluding carboxylic acids is 1. The van der Waals surface area contributed by atoms with Gasteiger partial charge in [-0.15, -0.1) is 0 Å². The van der Waals surface area contributed by atoms with Crippen LogP contribution in [0.4, 0.5) is 11.5 Å². The molecule has 2 heterocycles. The van der Waals surface area contributed by atoms with E-state index in [0.717, 1.165) is 30.9 Å². The Morgan fingerprint density at radius 1 is 1.50 bits per heavy atom. The van der Waals surface area contributed by atoms with Crippen molar-refractivity contribution in [2.24, 2.45) is 0 Å². The van der Waals surface area contributed by atoms with Crippen LogP contribution in [0.5, 0.6) is 0 Å². The number of hydrogen-bond acceptors (Lipinski definition) is 3. The van der Waals surface area contributed by atoms with Crippen molar-refractivity contribution in [1.29, 1.82) is 0 Å². The Morgan fingerprint density at radius 3 is 3.15 bits per heavy atom. The van der Waals surface area contributed by atoms with Gasteiger partial charge in [0.25, 0.3) is 5.91 Å². The van der Waals surface area contributed by atoms with Crippen molar-refractivity contribution < 1.29 is 4.79 Å². The maximum atomic E-state index is 12.3. The van der Waals surface area contributed by atoms with Crippen LogP contribution in [0.2, 0.25) is 5.02 Å². The minimum absolute atomic E-state index is 0.151. The van der Waals surface area contributed by atoms with Gasteiger partial charge >= 0.3 is 0 Å². The van der Waals surface area contributed by atoms with Crippen molar-refractivity contribution in [3.63, 3.8) is 0 Å². The van der Waals surface area contributed by atoms with Crippen LogP contribution in [-0.4, -0.2) is 22.2 Å². The molecule has 5 nitrogen and oxygen atoms in total. The third-order valence-electron chi connectivity index (χ3n) is 3.36. The van der Waals surface area contributed by atoms with Gasteiger partial charge in [-0.3, -0.25) is 4.79 Å². The Bertz CT molecular complexity index is 665. The highest BCUT2D eigenvalue weighted by Crippen LogP contribution is 2.25. The minimum Gasteiger partial charge on any atom is -0.368 e. The molecule has 1 aromatic carbocycles. The molecule has 0 radical (unpaired) electrons. The van der Waals surface area contributed by atoms with Crippen LogP contribution in [0.1, 0.15) is 22.3 Å². The van der Waals surface area contributed by atoms with Crippen LogP contribution < -0.4 is 10.6 Å². The van der Waals surface area contributed by atoms with Gasteiger partial charge in [0.05, 0.1) is 6.20 Å². The molecule has 1 aliphatic rings. The van der Waals surface area contributed by atoms with Crippen LogP contribution >= 0.6 is 11.6 Å². The summed E-state index contributed by atoms with van der Waals surface area (Å²) in [5, 5.41) is 11.0. The van der Waals surface area contributed by atoms with E-state index in [1.54, 1.807) is 24.4 Å². The van der Waals surface area contributed by atoms with Gasteiger partial charge < -0.3 is 10.6 Å². The first-order valence-electron chi connectivity index (χ1n) is 6.52. The van der Waals surface area contributed by atoms with Gasteiger partial charge in [-0.05, 0) is 37.1 Å². The molecule has 1 aliphatic heterocycles. The molecule has 0 bridgehead atoms. The van der Waals surface area contributed by atoms with E-state index in [4.69, 9.17) is 11.6 Å². The number of rotatable bonds is 2. The van der Waals surface area contributed by atoms with E-state index < -0.39 is 0 Å². The lowest BCUT2D eigenvalue weighted by Gasteiger charge is -2.17. The quantitative estimate of drug-likeness (QED) is 0.894. The van der Waals surface area contributed by atoms with E-state index >= 15 is 0 Å². The summed E-state index contributed by atoms with van der Waals surface area (Å²) >= 11 is 5.90. The smallest absolute Gasteiger partial charge is 0.256 e. The minimum atomic E-state index is -0.151. The Morgan fingerprint density at radius 2 is 2.35 bits per heavy atom. The zero-order valence-corrected chi connectivity index (χ0v) is 11.9. The second kappa shape index (κ2) is 5.17. The first-order chi connectivity index (χ1) is 9.65. The molecule has 0 spiro atoms. The zero-order chi connectivity index (χ0) is 14.1. The molecule has 2 aromatic rings. The van der Waals surface area contributed by atoms with Crippen LogP contribution in [0.15, 0.2) is 24.4 Å². The van der Waals surface area contributed by atoms with Crippen molar-refractivity contribution >= 4 is 29.0 Å². The highest BCUT2D eigenvalue weighted by molar-refractivity contribution is 6.30. The Hall–Kier alpha value is -2.01. The van der Waals surface area contributed by atoms with Gasteiger partial charge in [-0.2, -0.15) is 5.10 Å². The van der Waals surface area contributed by atoms with Crippen molar-refractivity contribution in [3.05, 3.63) is 40.5 Å². The second-order valence-corrected chi connectivity index (χ2v) is 5.26. The third-order valence-corrected chi connectivity index (χ3v) is 3.59. The summed E-state index contributed by atoms with van der Waals surface area (Å²) in [4.78, 5) is 12.3. The largest absolute Gasteiger partial charge is 0.368 e. The fraction of sp³-hybridized carbons (Fsp3) is 0.286. The predicted molar refractivity (Wildman–Crippen MR) is 79.5 cm³/mol. The number of carbonyl (C=O) groups is 1. The van der Waals surface area contributed by atoms with E-state index in [1.807, 2.05) is 11.6 Å². The van der Waals surface area contributed by atoms with Crippen molar-refractivity contribution in [2.45, 2.75) is 19.9 Å². The number of amides is 1. The monoisotopic (exact) mass is 290 g/mol.